The third-order valence-electron chi connectivity index (χ3n) is 1.57. The summed E-state index contributed by atoms with van der Waals surface area (Å²) in [7, 11) is 0. The van der Waals surface area contributed by atoms with Crippen molar-refractivity contribution in [2.45, 2.75) is 27.3 Å². The molecule has 0 aromatic carbocycles. The van der Waals surface area contributed by atoms with Gasteiger partial charge in [0, 0.05) is 17.8 Å². The molecule has 1 rings (SSSR count). The molecule has 3 heteroatoms. The monoisotopic (exact) mass is 190 g/mol. The molecule has 0 bridgehead atoms. The molecular weight excluding hydrogens is 176 g/mol. The second kappa shape index (κ2) is 4.10. The Morgan fingerprint density at radius 1 is 1.57 bits per heavy atom. The Morgan fingerprint density at radius 2 is 2.29 bits per heavy atom. The lowest BCUT2D eigenvalue weighted by molar-refractivity contribution is 0.111. The van der Waals surface area contributed by atoms with E-state index in [4.69, 9.17) is 0 Å². The zero-order valence-electron chi connectivity index (χ0n) is 8.74. The minimum atomic E-state index is 0.00191. The van der Waals surface area contributed by atoms with E-state index in [9.17, 15) is 4.79 Å². The van der Waals surface area contributed by atoms with Crippen molar-refractivity contribution in [3.8, 4) is 11.8 Å². The summed E-state index contributed by atoms with van der Waals surface area (Å²) in [5.74, 6) is 6.54. The molecule has 14 heavy (non-hydrogen) atoms. The molecule has 0 aliphatic rings. The lowest BCUT2D eigenvalue weighted by atomic mass is 9.98. The van der Waals surface area contributed by atoms with E-state index in [0.29, 0.717) is 12.4 Å². The number of carbonyl (C=O) groups excluding carboxylic acids is 1. The molecule has 0 aliphatic heterocycles. The van der Waals surface area contributed by atoms with Gasteiger partial charge in [-0.15, -0.1) is 0 Å². The summed E-state index contributed by atoms with van der Waals surface area (Å²) in [5.41, 5.74) is 0.00191. The van der Waals surface area contributed by atoms with Crippen LogP contribution in [0, 0.1) is 17.3 Å². The highest BCUT2D eigenvalue weighted by Crippen LogP contribution is 2.09. The smallest absolute Gasteiger partial charge is 0.185 e. The van der Waals surface area contributed by atoms with Crippen LogP contribution in [0.4, 0.5) is 0 Å². The van der Waals surface area contributed by atoms with E-state index >= 15 is 0 Å². The predicted molar refractivity (Wildman–Crippen MR) is 54.8 cm³/mol. The highest BCUT2D eigenvalue weighted by molar-refractivity contribution is 5.69. The van der Waals surface area contributed by atoms with E-state index in [1.807, 2.05) is 0 Å². The Hall–Kier alpha value is -1.56. The zero-order chi connectivity index (χ0) is 10.6. The molecule has 3 nitrogen and oxygen atoms in total. The second-order valence-corrected chi connectivity index (χ2v) is 4.08. The average molecular weight is 190 g/mol. The first-order valence-corrected chi connectivity index (χ1v) is 4.49. The van der Waals surface area contributed by atoms with Gasteiger partial charge in [-0.1, -0.05) is 11.8 Å². The summed E-state index contributed by atoms with van der Waals surface area (Å²) >= 11 is 0. The number of hydrogen-bond acceptors (Lipinski definition) is 2. The third-order valence-corrected chi connectivity index (χ3v) is 1.57. The molecule has 0 aliphatic carbocycles. The van der Waals surface area contributed by atoms with Crippen LogP contribution >= 0.6 is 0 Å². The van der Waals surface area contributed by atoms with Crippen LogP contribution in [-0.4, -0.2) is 15.8 Å². The van der Waals surface area contributed by atoms with Crippen LogP contribution in [0.2, 0.25) is 0 Å². The standard InChI is InChI=1S/C11H14N2O/c1-11(2,3)5-4-7-13-8-6-12-10(13)9-14/h6,8-9H,7H2,1-3H3. The fourth-order valence-electron chi connectivity index (χ4n) is 0.962. The summed E-state index contributed by atoms with van der Waals surface area (Å²) in [4.78, 5) is 14.4. The van der Waals surface area contributed by atoms with Crippen LogP contribution in [0.5, 0.6) is 0 Å². The number of carbonyl (C=O) groups is 1. The Bertz CT molecular complexity index is 374. The number of rotatable bonds is 2. The number of imidazole rings is 1. The summed E-state index contributed by atoms with van der Waals surface area (Å²) in [6.45, 7) is 6.67. The van der Waals surface area contributed by atoms with Gasteiger partial charge in [-0.05, 0) is 20.8 Å². The molecule has 74 valence electrons. The van der Waals surface area contributed by atoms with Crippen molar-refractivity contribution in [2.24, 2.45) is 5.41 Å². The van der Waals surface area contributed by atoms with Crippen molar-refractivity contribution in [2.75, 3.05) is 0 Å². The lowest BCUT2D eigenvalue weighted by Gasteiger charge is -2.07. The van der Waals surface area contributed by atoms with Crippen LogP contribution in [0.25, 0.3) is 0 Å². The van der Waals surface area contributed by atoms with Gasteiger partial charge in [0.05, 0.1) is 6.54 Å². The topological polar surface area (TPSA) is 34.9 Å². The highest BCUT2D eigenvalue weighted by atomic mass is 16.1. The minimum absolute atomic E-state index is 0.00191. The van der Waals surface area contributed by atoms with Gasteiger partial charge in [0.1, 0.15) is 0 Å². The minimum Gasteiger partial charge on any atom is -0.317 e. The molecule has 1 aromatic heterocycles. The van der Waals surface area contributed by atoms with Gasteiger partial charge >= 0.3 is 0 Å². The molecule has 0 fully saturated rings. The first-order valence-electron chi connectivity index (χ1n) is 4.49. The SMILES string of the molecule is CC(C)(C)C#CCn1ccnc1C=O. The Labute approximate surface area is 84.2 Å². The van der Waals surface area contributed by atoms with Crippen LogP contribution in [0.15, 0.2) is 12.4 Å². The van der Waals surface area contributed by atoms with Crippen molar-refractivity contribution in [3.63, 3.8) is 0 Å². The van der Waals surface area contributed by atoms with E-state index in [1.165, 1.54) is 0 Å². The number of nitrogens with zero attached hydrogens (tertiary/aromatic N) is 2. The molecule has 0 saturated carbocycles. The molecular formula is C11H14N2O. The molecule has 0 saturated heterocycles. The van der Waals surface area contributed by atoms with Gasteiger partial charge in [0.15, 0.2) is 12.1 Å². The Balaban J connectivity index is 2.69. The maximum Gasteiger partial charge on any atom is 0.185 e. The fourth-order valence-corrected chi connectivity index (χ4v) is 0.962. The molecule has 1 aromatic rings. The van der Waals surface area contributed by atoms with Crippen molar-refractivity contribution >= 4 is 6.29 Å². The van der Waals surface area contributed by atoms with Gasteiger partial charge in [0.2, 0.25) is 0 Å². The Morgan fingerprint density at radius 3 is 2.86 bits per heavy atom. The lowest BCUT2D eigenvalue weighted by Crippen LogP contribution is -2.03. The van der Waals surface area contributed by atoms with Gasteiger partial charge in [-0.2, -0.15) is 0 Å². The van der Waals surface area contributed by atoms with Gasteiger partial charge in [-0.25, -0.2) is 4.98 Å². The van der Waals surface area contributed by atoms with Crippen molar-refractivity contribution < 1.29 is 4.79 Å². The summed E-state index contributed by atoms with van der Waals surface area (Å²) in [5, 5.41) is 0. The average Bonchev–Trinajstić information content (AvgIpc) is 2.49. The first-order chi connectivity index (χ1) is 6.53. The van der Waals surface area contributed by atoms with E-state index in [-0.39, 0.29) is 5.41 Å². The molecule has 1 heterocycles. The summed E-state index contributed by atoms with van der Waals surface area (Å²) < 4.78 is 1.73. The molecule has 0 amide bonds. The van der Waals surface area contributed by atoms with E-state index in [0.717, 1.165) is 6.29 Å². The van der Waals surface area contributed by atoms with Crippen LogP contribution in [0.3, 0.4) is 0 Å². The largest absolute Gasteiger partial charge is 0.317 e. The first kappa shape index (κ1) is 10.5. The van der Waals surface area contributed by atoms with Crippen molar-refractivity contribution in [1.82, 2.24) is 9.55 Å². The number of aromatic nitrogens is 2. The van der Waals surface area contributed by atoms with Gasteiger partial charge < -0.3 is 4.57 Å². The molecule has 0 atom stereocenters. The van der Waals surface area contributed by atoms with Crippen LogP contribution in [-0.2, 0) is 6.54 Å². The second-order valence-electron chi connectivity index (χ2n) is 4.08. The number of aldehydes is 1. The van der Waals surface area contributed by atoms with Crippen molar-refractivity contribution in [3.05, 3.63) is 18.2 Å². The van der Waals surface area contributed by atoms with Crippen LogP contribution in [0.1, 0.15) is 31.4 Å². The molecule has 0 spiro atoms. The molecule has 0 unspecified atom stereocenters. The quantitative estimate of drug-likeness (QED) is 0.526. The van der Waals surface area contributed by atoms with E-state index < -0.39 is 0 Å². The van der Waals surface area contributed by atoms with Gasteiger partial charge in [-0.3, -0.25) is 4.79 Å². The fraction of sp³-hybridized carbons (Fsp3) is 0.455. The number of hydrogen-bond donors (Lipinski definition) is 0. The predicted octanol–water partition coefficient (Wildman–Crippen LogP) is 1.75. The van der Waals surface area contributed by atoms with Crippen LogP contribution < -0.4 is 0 Å². The molecule has 0 radical (unpaired) electrons. The summed E-state index contributed by atoms with van der Waals surface area (Å²) in [6, 6.07) is 0. The normalized spacial score (nSPS) is 10.5. The summed E-state index contributed by atoms with van der Waals surface area (Å²) in [6.07, 6.45) is 4.09. The maximum atomic E-state index is 10.5. The van der Waals surface area contributed by atoms with E-state index in [2.05, 4.69) is 37.6 Å². The third kappa shape index (κ3) is 3.06. The highest BCUT2D eigenvalue weighted by Gasteiger charge is 2.03. The maximum absolute atomic E-state index is 10.5. The molecule has 0 N–H and O–H groups in total. The van der Waals surface area contributed by atoms with Crippen molar-refractivity contribution in [1.29, 1.82) is 0 Å². The van der Waals surface area contributed by atoms with Gasteiger partial charge in [0.25, 0.3) is 0 Å². The van der Waals surface area contributed by atoms with E-state index in [1.54, 1.807) is 17.0 Å². The Kier molecular flexibility index (Phi) is 3.08. The zero-order valence-corrected chi connectivity index (χ0v) is 8.74.